The number of carbonyl (C=O) groups excluding carboxylic acids is 1. The number of nitrogens with one attached hydrogen (secondary N) is 2. The van der Waals surface area contributed by atoms with Gasteiger partial charge in [-0.2, -0.15) is 0 Å². The first-order chi connectivity index (χ1) is 17.0. The molecular formula is C24H32FN5O6. The highest BCUT2D eigenvalue weighted by molar-refractivity contribution is 5.89. The number of amides is 1. The number of anilines is 2. The molecule has 1 fully saturated rings. The molecule has 2 heterocycles. The van der Waals surface area contributed by atoms with Crippen LogP contribution >= 0.6 is 0 Å². The van der Waals surface area contributed by atoms with Crippen LogP contribution in [0.3, 0.4) is 0 Å². The van der Waals surface area contributed by atoms with Crippen LogP contribution in [0.15, 0.2) is 24.4 Å². The maximum Gasteiger partial charge on any atom is 0.407 e. The molecule has 1 amide bonds. The van der Waals surface area contributed by atoms with Gasteiger partial charge in [-0.15, -0.1) is 0 Å². The van der Waals surface area contributed by atoms with E-state index in [1.165, 1.54) is 32.5 Å². The van der Waals surface area contributed by atoms with E-state index in [4.69, 9.17) is 14.2 Å². The summed E-state index contributed by atoms with van der Waals surface area (Å²) >= 11 is 0. The zero-order chi connectivity index (χ0) is 26.6. The van der Waals surface area contributed by atoms with Crippen LogP contribution in [0, 0.1) is 15.9 Å². The van der Waals surface area contributed by atoms with E-state index in [-0.39, 0.29) is 35.5 Å². The molecule has 0 radical (unpaired) electrons. The van der Waals surface area contributed by atoms with Crippen LogP contribution < -0.4 is 20.3 Å². The molecule has 0 spiro atoms. The van der Waals surface area contributed by atoms with E-state index < -0.39 is 28.5 Å². The fourth-order valence-corrected chi connectivity index (χ4v) is 4.20. The molecule has 0 aliphatic carbocycles. The van der Waals surface area contributed by atoms with Crippen molar-refractivity contribution in [3.05, 3.63) is 40.3 Å². The Bertz CT molecular complexity index is 1120. The number of aromatic nitrogens is 1. The third kappa shape index (κ3) is 6.11. The van der Waals surface area contributed by atoms with Gasteiger partial charge in [-0.3, -0.25) is 10.1 Å². The van der Waals surface area contributed by atoms with E-state index in [0.717, 1.165) is 0 Å². The lowest BCUT2D eigenvalue weighted by atomic mass is 9.97. The van der Waals surface area contributed by atoms with Crippen LogP contribution in [0.5, 0.6) is 5.75 Å². The number of nitro groups is 1. The van der Waals surface area contributed by atoms with Crippen molar-refractivity contribution in [2.45, 2.75) is 44.9 Å². The Labute approximate surface area is 209 Å². The molecule has 2 N–H and O–H groups in total. The van der Waals surface area contributed by atoms with Crippen molar-refractivity contribution in [3.8, 4) is 16.9 Å². The molecule has 36 heavy (non-hydrogen) atoms. The van der Waals surface area contributed by atoms with Crippen LogP contribution in [0.2, 0.25) is 0 Å². The first-order valence-corrected chi connectivity index (χ1v) is 11.4. The summed E-state index contributed by atoms with van der Waals surface area (Å²) in [7, 11) is 4.46. The van der Waals surface area contributed by atoms with Gasteiger partial charge in [0, 0.05) is 45.1 Å². The molecule has 0 unspecified atom stereocenters. The Hall–Kier alpha value is -3.67. The Morgan fingerprint density at radius 3 is 2.58 bits per heavy atom. The Morgan fingerprint density at radius 2 is 2.00 bits per heavy atom. The van der Waals surface area contributed by atoms with Gasteiger partial charge in [-0.1, -0.05) is 0 Å². The first-order valence-electron chi connectivity index (χ1n) is 11.4. The second kappa shape index (κ2) is 10.9. The molecule has 1 aromatic heterocycles. The van der Waals surface area contributed by atoms with E-state index in [1.807, 2.05) is 0 Å². The number of hydrogen-bond donors (Lipinski definition) is 2. The highest BCUT2D eigenvalue weighted by Crippen LogP contribution is 2.43. The van der Waals surface area contributed by atoms with Gasteiger partial charge in [0.15, 0.2) is 0 Å². The summed E-state index contributed by atoms with van der Waals surface area (Å²) in [4.78, 5) is 30.1. The molecular weight excluding hydrogens is 473 g/mol. The van der Waals surface area contributed by atoms with Crippen molar-refractivity contribution < 1.29 is 28.3 Å². The van der Waals surface area contributed by atoms with Crippen LogP contribution in [-0.4, -0.2) is 68.1 Å². The number of methoxy groups -OCH3 is 2. The smallest absolute Gasteiger partial charge is 0.407 e. The fourth-order valence-electron chi connectivity index (χ4n) is 4.20. The first kappa shape index (κ1) is 26.9. The number of benzene rings is 1. The quantitative estimate of drug-likeness (QED) is 0.424. The topological polar surface area (TPSA) is 128 Å². The van der Waals surface area contributed by atoms with Crippen molar-refractivity contribution in [1.82, 2.24) is 10.3 Å². The van der Waals surface area contributed by atoms with Gasteiger partial charge in [-0.25, -0.2) is 14.2 Å². The second-order valence-electron chi connectivity index (χ2n) is 9.37. The van der Waals surface area contributed by atoms with E-state index >= 15 is 0 Å². The minimum absolute atomic E-state index is 0.0742. The zero-order valence-corrected chi connectivity index (χ0v) is 21.3. The number of piperidine rings is 1. The summed E-state index contributed by atoms with van der Waals surface area (Å²) in [6, 6.07) is 3.72. The predicted molar refractivity (Wildman–Crippen MR) is 133 cm³/mol. The highest BCUT2D eigenvalue weighted by atomic mass is 19.1. The second-order valence-corrected chi connectivity index (χ2v) is 9.37. The maximum absolute atomic E-state index is 14.4. The molecule has 1 aliphatic heterocycles. The largest absolute Gasteiger partial charge is 0.497 e. The average molecular weight is 506 g/mol. The summed E-state index contributed by atoms with van der Waals surface area (Å²) in [6.07, 6.45) is 0.836. The molecule has 1 saturated heterocycles. The van der Waals surface area contributed by atoms with Crippen molar-refractivity contribution in [1.29, 1.82) is 0 Å². The van der Waals surface area contributed by atoms with Gasteiger partial charge in [0.25, 0.3) is 0 Å². The summed E-state index contributed by atoms with van der Waals surface area (Å²) in [5.41, 5.74) is 0.113. The van der Waals surface area contributed by atoms with E-state index in [0.29, 0.717) is 24.1 Å². The lowest BCUT2D eigenvalue weighted by Crippen LogP contribution is -2.55. The number of rotatable bonds is 7. The zero-order valence-electron chi connectivity index (χ0n) is 21.3. The standard InChI is InChI=1S/C24H32FN5O6/c1-24(2,3)36-23(31)28-18-7-8-29(13-19(18)35-6)20-17(12-27-22(26-4)21(20)30(32)33)14-9-15(25)11-16(10-14)34-5/h9-12,18-19H,7-8,13H2,1-6H3,(H,26,27)(H,28,31)/t18-,19-/m1/s1. The monoisotopic (exact) mass is 505 g/mol. The third-order valence-electron chi connectivity index (χ3n) is 5.74. The van der Waals surface area contributed by atoms with Crippen LogP contribution in [-0.2, 0) is 9.47 Å². The van der Waals surface area contributed by atoms with Gasteiger partial charge in [0.2, 0.25) is 5.82 Å². The number of alkyl carbamates (subject to hydrolysis) is 1. The van der Waals surface area contributed by atoms with Gasteiger partial charge in [0.1, 0.15) is 22.9 Å². The normalized spacial score (nSPS) is 17.9. The van der Waals surface area contributed by atoms with Crippen molar-refractivity contribution in [2.24, 2.45) is 0 Å². The van der Waals surface area contributed by atoms with Gasteiger partial charge in [0.05, 0.1) is 24.2 Å². The molecule has 11 nitrogen and oxygen atoms in total. The molecule has 196 valence electrons. The minimum Gasteiger partial charge on any atom is -0.497 e. The summed E-state index contributed by atoms with van der Waals surface area (Å²) in [6.45, 7) is 5.90. The third-order valence-corrected chi connectivity index (χ3v) is 5.74. The number of pyridine rings is 1. The van der Waals surface area contributed by atoms with Gasteiger partial charge < -0.3 is 29.7 Å². The Balaban J connectivity index is 2.03. The van der Waals surface area contributed by atoms with E-state index in [2.05, 4.69) is 15.6 Å². The average Bonchev–Trinajstić information content (AvgIpc) is 2.81. The van der Waals surface area contributed by atoms with Crippen LogP contribution in [0.1, 0.15) is 27.2 Å². The van der Waals surface area contributed by atoms with Crippen LogP contribution in [0.4, 0.5) is 26.4 Å². The molecule has 1 aromatic carbocycles. The van der Waals surface area contributed by atoms with Crippen molar-refractivity contribution in [3.63, 3.8) is 0 Å². The Kier molecular flexibility index (Phi) is 8.18. The summed E-state index contributed by atoms with van der Waals surface area (Å²) in [5.74, 6) is -0.206. The maximum atomic E-state index is 14.4. The molecule has 2 atom stereocenters. The molecule has 2 aromatic rings. The predicted octanol–water partition coefficient (Wildman–Crippen LogP) is 3.96. The number of carbonyl (C=O) groups is 1. The minimum atomic E-state index is -0.657. The lowest BCUT2D eigenvalue weighted by Gasteiger charge is -2.39. The molecule has 12 heteroatoms. The highest BCUT2D eigenvalue weighted by Gasteiger charge is 2.37. The van der Waals surface area contributed by atoms with E-state index in [1.54, 1.807) is 38.8 Å². The van der Waals surface area contributed by atoms with E-state index in [9.17, 15) is 19.3 Å². The van der Waals surface area contributed by atoms with Gasteiger partial charge in [-0.05, 0) is 44.9 Å². The SMILES string of the molecule is CNc1ncc(-c2cc(F)cc(OC)c2)c(N2CC[C@@H](NC(=O)OC(C)(C)C)[C@H](OC)C2)c1[N+](=O)[O-]. The van der Waals surface area contributed by atoms with Gasteiger partial charge >= 0.3 is 11.8 Å². The number of ether oxygens (including phenoxy) is 3. The number of hydrogen-bond acceptors (Lipinski definition) is 9. The van der Waals surface area contributed by atoms with Crippen molar-refractivity contribution >= 4 is 23.3 Å². The summed E-state index contributed by atoms with van der Waals surface area (Å²) in [5, 5.41) is 17.8. The summed E-state index contributed by atoms with van der Waals surface area (Å²) < 4.78 is 30.6. The Morgan fingerprint density at radius 1 is 1.28 bits per heavy atom. The molecule has 0 saturated carbocycles. The molecule has 0 bridgehead atoms. The molecule has 3 rings (SSSR count). The fraction of sp³-hybridized carbons (Fsp3) is 0.500. The number of halogens is 1. The lowest BCUT2D eigenvalue weighted by molar-refractivity contribution is -0.383. The number of nitrogens with zero attached hydrogens (tertiary/aromatic N) is 3. The van der Waals surface area contributed by atoms with Crippen molar-refractivity contribution in [2.75, 3.05) is 44.6 Å². The molecule has 1 aliphatic rings. The van der Waals surface area contributed by atoms with Crippen LogP contribution in [0.25, 0.3) is 11.1 Å².